The van der Waals surface area contributed by atoms with E-state index < -0.39 is 5.91 Å². The highest BCUT2D eigenvalue weighted by atomic mass is 32.2. The molecule has 0 aliphatic heterocycles. The van der Waals surface area contributed by atoms with E-state index in [9.17, 15) is 9.59 Å². The van der Waals surface area contributed by atoms with Gasteiger partial charge in [-0.15, -0.1) is 11.8 Å². The van der Waals surface area contributed by atoms with Crippen LogP contribution in [-0.2, 0) is 4.79 Å². The van der Waals surface area contributed by atoms with Crippen LogP contribution in [0.15, 0.2) is 39.8 Å². The maximum absolute atomic E-state index is 12.2. The summed E-state index contributed by atoms with van der Waals surface area (Å²) in [4.78, 5) is 23.9. The Morgan fingerprint density at radius 1 is 1.36 bits per heavy atom. The topological polar surface area (TPSA) is 98.2 Å². The quantitative estimate of drug-likeness (QED) is 0.797. The lowest BCUT2D eigenvalue weighted by Gasteiger charge is -2.08. The zero-order valence-corrected chi connectivity index (χ0v) is 12.6. The van der Waals surface area contributed by atoms with Crippen LogP contribution in [0.4, 0.5) is 5.69 Å². The van der Waals surface area contributed by atoms with Crippen molar-refractivity contribution < 1.29 is 14.1 Å². The van der Waals surface area contributed by atoms with Crippen molar-refractivity contribution in [2.24, 2.45) is 5.73 Å². The molecule has 114 valence electrons. The second-order valence-corrected chi connectivity index (χ2v) is 6.11. The van der Waals surface area contributed by atoms with Crippen LogP contribution in [0.5, 0.6) is 0 Å². The average Bonchev–Trinajstić information content (AvgIpc) is 3.23. The van der Waals surface area contributed by atoms with Gasteiger partial charge in [0.2, 0.25) is 5.91 Å². The van der Waals surface area contributed by atoms with Gasteiger partial charge in [0.25, 0.3) is 5.91 Å². The number of thioether (sulfide) groups is 1. The monoisotopic (exact) mass is 317 g/mol. The number of para-hydroxylation sites is 1. The molecule has 22 heavy (non-hydrogen) atoms. The van der Waals surface area contributed by atoms with E-state index in [0.29, 0.717) is 11.6 Å². The van der Waals surface area contributed by atoms with E-state index in [2.05, 4.69) is 10.5 Å². The number of aromatic nitrogens is 1. The highest BCUT2D eigenvalue weighted by molar-refractivity contribution is 8.00. The number of nitrogens with zero attached hydrogens (tertiary/aromatic N) is 1. The molecule has 0 spiro atoms. The molecule has 0 radical (unpaired) electrons. The number of benzene rings is 1. The van der Waals surface area contributed by atoms with Crippen molar-refractivity contribution in [1.29, 1.82) is 0 Å². The van der Waals surface area contributed by atoms with Gasteiger partial charge in [-0.25, -0.2) is 0 Å². The van der Waals surface area contributed by atoms with Crippen molar-refractivity contribution in [3.63, 3.8) is 0 Å². The van der Waals surface area contributed by atoms with Crippen LogP contribution in [0.25, 0.3) is 0 Å². The number of anilines is 1. The fraction of sp³-hybridized carbons (Fsp3) is 0.267. The Morgan fingerprint density at radius 3 is 2.86 bits per heavy atom. The summed E-state index contributed by atoms with van der Waals surface area (Å²) in [5.74, 6) is 0.594. The molecule has 7 heteroatoms. The summed E-state index contributed by atoms with van der Waals surface area (Å²) in [7, 11) is 0. The van der Waals surface area contributed by atoms with E-state index in [1.807, 2.05) is 18.2 Å². The molecule has 0 atom stereocenters. The molecule has 1 aromatic heterocycles. The molecule has 1 saturated carbocycles. The normalized spacial score (nSPS) is 13.8. The second kappa shape index (κ2) is 6.23. The Bertz CT molecular complexity index is 710. The second-order valence-electron chi connectivity index (χ2n) is 5.09. The summed E-state index contributed by atoms with van der Waals surface area (Å²) in [6.07, 6.45) is 2.17. The summed E-state index contributed by atoms with van der Waals surface area (Å²) in [5.41, 5.74) is 6.03. The lowest BCUT2D eigenvalue weighted by molar-refractivity contribution is -0.115. The Balaban J connectivity index is 1.71. The van der Waals surface area contributed by atoms with Gasteiger partial charge in [-0.1, -0.05) is 17.3 Å². The third-order valence-electron chi connectivity index (χ3n) is 3.25. The molecular weight excluding hydrogens is 302 g/mol. The fourth-order valence-electron chi connectivity index (χ4n) is 1.99. The summed E-state index contributed by atoms with van der Waals surface area (Å²) in [5, 5.41) is 6.60. The minimum Gasteiger partial charge on any atom is -0.369 e. The van der Waals surface area contributed by atoms with Crippen molar-refractivity contribution in [3.05, 3.63) is 41.8 Å². The summed E-state index contributed by atoms with van der Waals surface area (Å²) >= 11 is 1.28. The predicted molar refractivity (Wildman–Crippen MR) is 82.8 cm³/mol. The largest absolute Gasteiger partial charge is 0.369 e. The third kappa shape index (κ3) is 3.48. The number of primary amides is 1. The molecule has 1 aliphatic carbocycles. The molecular formula is C15H15N3O3S. The van der Waals surface area contributed by atoms with E-state index in [0.717, 1.165) is 23.5 Å². The van der Waals surface area contributed by atoms with Crippen LogP contribution in [0.2, 0.25) is 0 Å². The van der Waals surface area contributed by atoms with Crippen molar-refractivity contribution >= 4 is 29.3 Å². The molecule has 1 aromatic carbocycles. The molecule has 1 fully saturated rings. The summed E-state index contributed by atoms with van der Waals surface area (Å²) < 4.78 is 5.18. The highest BCUT2D eigenvalue weighted by Crippen LogP contribution is 2.40. The lowest BCUT2D eigenvalue weighted by atomic mass is 10.2. The van der Waals surface area contributed by atoms with Gasteiger partial charge in [-0.2, -0.15) is 0 Å². The van der Waals surface area contributed by atoms with Crippen molar-refractivity contribution in [1.82, 2.24) is 5.16 Å². The number of amides is 2. The maximum atomic E-state index is 12.2. The van der Waals surface area contributed by atoms with Crippen LogP contribution in [0.3, 0.4) is 0 Å². The first kappa shape index (κ1) is 14.6. The molecule has 2 aromatic rings. The standard InChI is InChI=1S/C15H15N3O3S/c16-14(19)8-22-13-4-2-1-3-10(13)17-15(20)11-7-12(21-18-11)9-5-6-9/h1-4,7,9H,5-6,8H2,(H2,16,19)(H,17,20). The molecule has 2 amide bonds. The maximum Gasteiger partial charge on any atom is 0.277 e. The predicted octanol–water partition coefficient (Wildman–Crippen LogP) is 2.38. The number of rotatable bonds is 6. The van der Waals surface area contributed by atoms with Gasteiger partial charge < -0.3 is 15.6 Å². The first-order valence-corrected chi connectivity index (χ1v) is 7.90. The van der Waals surface area contributed by atoms with Gasteiger partial charge in [0.05, 0.1) is 11.4 Å². The number of nitrogens with two attached hydrogens (primary N) is 1. The summed E-state index contributed by atoms with van der Waals surface area (Å²) in [6.45, 7) is 0. The number of hydrogen-bond donors (Lipinski definition) is 2. The molecule has 1 aliphatic rings. The van der Waals surface area contributed by atoms with E-state index in [1.165, 1.54) is 11.8 Å². The zero-order valence-electron chi connectivity index (χ0n) is 11.7. The highest BCUT2D eigenvalue weighted by Gasteiger charge is 2.29. The lowest BCUT2D eigenvalue weighted by Crippen LogP contribution is -2.15. The van der Waals surface area contributed by atoms with Crippen molar-refractivity contribution in [3.8, 4) is 0 Å². The molecule has 6 nitrogen and oxygen atoms in total. The van der Waals surface area contributed by atoms with Gasteiger partial charge in [0.15, 0.2) is 5.69 Å². The SMILES string of the molecule is NC(=O)CSc1ccccc1NC(=O)c1cc(C2CC2)on1. The van der Waals surface area contributed by atoms with E-state index in [4.69, 9.17) is 10.3 Å². The molecule has 3 rings (SSSR count). The fourth-order valence-corrected chi connectivity index (χ4v) is 2.73. The molecule has 1 heterocycles. The Labute approximate surface area is 131 Å². The van der Waals surface area contributed by atoms with Gasteiger partial charge in [0.1, 0.15) is 5.76 Å². The van der Waals surface area contributed by atoms with Crippen LogP contribution < -0.4 is 11.1 Å². The number of hydrogen-bond acceptors (Lipinski definition) is 5. The molecule has 0 unspecified atom stereocenters. The Hall–Kier alpha value is -2.28. The summed E-state index contributed by atoms with van der Waals surface area (Å²) in [6, 6.07) is 8.92. The van der Waals surface area contributed by atoms with Crippen LogP contribution >= 0.6 is 11.8 Å². The third-order valence-corrected chi connectivity index (χ3v) is 4.34. The number of carbonyl (C=O) groups is 2. The first-order chi connectivity index (χ1) is 10.6. The average molecular weight is 317 g/mol. The van der Waals surface area contributed by atoms with Crippen LogP contribution in [0, 0.1) is 0 Å². The minimum atomic E-state index is -0.406. The molecule has 0 saturated heterocycles. The van der Waals surface area contributed by atoms with Crippen molar-refractivity contribution in [2.45, 2.75) is 23.7 Å². The van der Waals surface area contributed by atoms with E-state index in [-0.39, 0.29) is 17.4 Å². The van der Waals surface area contributed by atoms with Crippen LogP contribution in [-0.4, -0.2) is 22.7 Å². The first-order valence-electron chi connectivity index (χ1n) is 6.91. The smallest absolute Gasteiger partial charge is 0.277 e. The Morgan fingerprint density at radius 2 is 2.14 bits per heavy atom. The number of nitrogens with one attached hydrogen (secondary N) is 1. The zero-order chi connectivity index (χ0) is 15.5. The molecule has 0 bridgehead atoms. The van der Waals surface area contributed by atoms with Gasteiger partial charge in [-0.05, 0) is 25.0 Å². The van der Waals surface area contributed by atoms with E-state index in [1.54, 1.807) is 12.1 Å². The van der Waals surface area contributed by atoms with Crippen LogP contribution in [0.1, 0.15) is 35.0 Å². The van der Waals surface area contributed by atoms with Crippen molar-refractivity contribution in [2.75, 3.05) is 11.1 Å². The van der Waals surface area contributed by atoms with Gasteiger partial charge in [0, 0.05) is 16.9 Å². The van der Waals surface area contributed by atoms with Gasteiger partial charge in [-0.3, -0.25) is 9.59 Å². The molecule has 3 N–H and O–H groups in total. The minimum absolute atomic E-state index is 0.155. The Kier molecular flexibility index (Phi) is 4.15. The van der Waals surface area contributed by atoms with Gasteiger partial charge >= 0.3 is 0 Å². The number of carbonyl (C=O) groups excluding carboxylic acids is 2. The van der Waals surface area contributed by atoms with E-state index >= 15 is 0 Å².